The maximum Gasteiger partial charge on any atom is 0.170 e. The lowest BCUT2D eigenvalue weighted by Gasteiger charge is -2.18. The van der Waals surface area contributed by atoms with E-state index in [1.54, 1.807) is 0 Å². The molecule has 0 atom stereocenters. The Morgan fingerprint density at radius 1 is 0.278 bits per heavy atom. The predicted octanol–water partition coefficient (Wildman–Crippen LogP) is 6.61. The molecule has 0 aliphatic carbocycles. The summed E-state index contributed by atoms with van der Waals surface area (Å²) in [4.78, 5) is 0. The third-order valence-electron chi connectivity index (χ3n) is 5.29. The van der Waals surface area contributed by atoms with E-state index in [1.807, 2.05) is 0 Å². The maximum absolute atomic E-state index is 14.8. The lowest BCUT2D eigenvalue weighted by molar-refractivity contribution is 0.441. The van der Waals surface area contributed by atoms with Crippen molar-refractivity contribution in [3.63, 3.8) is 0 Å². The zero-order valence-corrected chi connectivity index (χ0v) is 20.5. The van der Waals surface area contributed by atoms with Gasteiger partial charge in [-0.15, -0.1) is 0 Å². The van der Waals surface area contributed by atoms with E-state index in [4.69, 9.17) is 0 Å². The summed E-state index contributed by atoms with van der Waals surface area (Å²) in [5.41, 5.74) is -8.90. The summed E-state index contributed by atoms with van der Waals surface area (Å²) in [6.45, 7) is 4.86. The van der Waals surface area contributed by atoms with Crippen molar-refractivity contribution in [2.45, 2.75) is 26.2 Å². The van der Waals surface area contributed by atoms with Gasteiger partial charge in [-0.25, -0.2) is 52.7 Å². The highest BCUT2D eigenvalue weighted by atomic mass is 28.3. The van der Waals surface area contributed by atoms with Gasteiger partial charge in [0.05, 0.1) is 39.8 Å². The lowest BCUT2D eigenvalue weighted by atomic mass is 9.95. The predicted molar refractivity (Wildman–Crippen MR) is 111 cm³/mol. The Morgan fingerprint density at radius 2 is 0.417 bits per heavy atom. The molecule has 3 rings (SSSR count). The minimum atomic E-state index is -2.73. The largest absolute Gasteiger partial charge is 0.204 e. The molecule has 0 fully saturated rings. The molecule has 3 aromatic rings. The van der Waals surface area contributed by atoms with Gasteiger partial charge in [0, 0.05) is 10.4 Å². The van der Waals surface area contributed by atoms with E-state index in [0.717, 1.165) is 0 Å². The van der Waals surface area contributed by atoms with Gasteiger partial charge in [-0.3, -0.25) is 0 Å². The minimum absolute atomic E-state index is 1.07. The van der Waals surface area contributed by atoms with E-state index < -0.39 is 120 Å². The molecule has 0 spiro atoms. The van der Waals surface area contributed by atoms with E-state index in [-0.39, 0.29) is 0 Å². The van der Waals surface area contributed by atoms with Gasteiger partial charge < -0.3 is 0 Å². The molecule has 0 aromatic heterocycles. The molecule has 0 aliphatic rings. The average Bonchev–Trinajstić information content (AvgIpc) is 2.79. The zero-order chi connectivity index (χ0) is 27.5. The molecule has 192 valence electrons. The van der Waals surface area contributed by atoms with Gasteiger partial charge in [0.15, 0.2) is 69.8 Å². The fourth-order valence-electron chi connectivity index (χ4n) is 3.65. The molecule has 14 heteroatoms. The highest BCUT2D eigenvalue weighted by Gasteiger charge is 2.38. The second kappa shape index (κ2) is 9.61. The summed E-state index contributed by atoms with van der Waals surface area (Å²) in [7, 11) is -4.48. The molecule has 0 heterocycles. The molecule has 0 amide bonds. The average molecular weight is 560 g/mol. The summed E-state index contributed by atoms with van der Waals surface area (Å²) >= 11 is 0. The normalized spacial score (nSPS) is 11.8. The summed E-state index contributed by atoms with van der Waals surface area (Å²) in [6.07, 6.45) is 0. The van der Waals surface area contributed by atoms with Crippen LogP contribution in [0.25, 0.3) is 22.3 Å². The maximum atomic E-state index is 14.8. The van der Waals surface area contributed by atoms with Crippen molar-refractivity contribution in [3.05, 3.63) is 69.8 Å². The molecule has 0 aliphatic heterocycles. The minimum Gasteiger partial charge on any atom is -0.204 e. The van der Waals surface area contributed by atoms with Crippen LogP contribution in [0, 0.1) is 69.8 Å². The van der Waals surface area contributed by atoms with Gasteiger partial charge in [-0.2, -0.15) is 0 Å². The van der Waals surface area contributed by atoms with Gasteiger partial charge in [0.1, 0.15) is 0 Å². The van der Waals surface area contributed by atoms with Crippen LogP contribution in [0.5, 0.6) is 0 Å². The molecule has 0 saturated carbocycles. The lowest BCUT2D eigenvalue weighted by Crippen LogP contribution is -2.33. The number of halogens is 12. The fourth-order valence-corrected chi connectivity index (χ4v) is 5.85. The first kappa shape index (κ1) is 27.8. The van der Waals surface area contributed by atoms with Crippen molar-refractivity contribution >= 4 is 28.0 Å². The number of hydrogen-bond donors (Lipinski definition) is 0. The molecular formula is C22H12F12Si2. The molecule has 0 saturated heterocycles. The quantitative estimate of drug-likeness (QED) is 0.191. The van der Waals surface area contributed by atoms with Crippen molar-refractivity contribution in [1.82, 2.24) is 0 Å². The van der Waals surface area contributed by atoms with Crippen LogP contribution in [0.3, 0.4) is 0 Å². The van der Waals surface area contributed by atoms with E-state index >= 15 is 0 Å². The zero-order valence-electron chi connectivity index (χ0n) is 18.5. The van der Waals surface area contributed by atoms with Crippen LogP contribution in [0.4, 0.5) is 52.7 Å². The number of hydrogen-bond acceptors (Lipinski definition) is 0. The third-order valence-corrected chi connectivity index (χ3v) is 8.17. The smallest absolute Gasteiger partial charge is 0.170 e. The highest BCUT2D eigenvalue weighted by molar-refractivity contribution is 6.71. The molecule has 0 N–H and O–H groups in total. The first-order chi connectivity index (χ1) is 16.6. The van der Waals surface area contributed by atoms with E-state index in [0.29, 0.717) is 0 Å². The number of rotatable bonds is 4. The Hall–Kier alpha value is -2.75. The molecular weight excluding hydrogens is 548 g/mol. The van der Waals surface area contributed by atoms with Gasteiger partial charge in [0.2, 0.25) is 0 Å². The van der Waals surface area contributed by atoms with Crippen LogP contribution in [0.1, 0.15) is 0 Å². The van der Waals surface area contributed by atoms with Crippen LogP contribution in [0.2, 0.25) is 26.2 Å². The first-order valence-electron chi connectivity index (χ1n) is 9.77. The number of benzene rings is 3. The van der Waals surface area contributed by atoms with Gasteiger partial charge in [-0.05, 0) is 0 Å². The Bertz CT molecular complexity index is 1220. The van der Waals surface area contributed by atoms with Crippen LogP contribution in [-0.4, -0.2) is 17.6 Å². The Balaban J connectivity index is 2.48. The fraction of sp³-hybridized carbons (Fsp3) is 0.182. The van der Waals surface area contributed by atoms with Crippen LogP contribution in [0.15, 0.2) is 0 Å². The third kappa shape index (κ3) is 3.94. The van der Waals surface area contributed by atoms with Crippen LogP contribution < -0.4 is 10.4 Å². The monoisotopic (exact) mass is 560 g/mol. The Morgan fingerprint density at radius 3 is 0.556 bits per heavy atom. The summed E-state index contributed by atoms with van der Waals surface area (Å²) < 4.78 is 175. The Kier molecular flexibility index (Phi) is 7.43. The molecule has 36 heavy (non-hydrogen) atoms. The molecule has 3 aromatic carbocycles. The van der Waals surface area contributed by atoms with Crippen LogP contribution >= 0.6 is 0 Å². The molecule has 0 unspecified atom stereocenters. The molecule has 0 bridgehead atoms. The van der Waals surface area contributed by atoms with Crippen molar-refractivity contribution in [2.24, 2.45) is 0 Å². The topological polar surface area (TPSA) is 0 Å². The van der Waals surface area contributed by atoms with E-state index in [2.05, 4.69) is 0 Å². The van der Waals surface area contributed by atoms with Gasteiger partial charge in [0.25, 0.3) is 0 Å². The standard InChI is InChI=1S/C22H12F12Si2/c1-35(2)21-17(31)13(27)7(14(28)18(21)32)5-9(23)11(25)6(12(26)10(5)24)8-15(29)19(33)22(36(3)4)20(34)16(8)30/h1-4H3. The SMILES string of the molecule is C[Si](C)c1c(F)c(F)c(-c2c(F)c(F)c(-c3c(F)c(F)c([Si](C)C)c(F)c3F)c(F)c2F)c(F)c1F. The molecule has 0 nitrogen and oxygen atoms in total. The summed E-state index contributed by atoms with van der Waals surface area (Å²) in [5, 5.41) is -2.14. The van der Waals surface area contributed by atoms with E-state index in [9.17, 15) is 52.7 Å². The van der Waals surface area contributed by atoms with Crippen molar-refractivity contribution in [1.29, 1.82) is 0 Å². The van der Waals surface area contributed by atoms with Crippen molar-refractivity contribution < 1.29 is 52.7 Å². The first-order valence-corrected chi connectivity index (χ1v) is 14.8. The Labute approximate surface area is 199 Å². The van der Waals surface area contributed by atoms with Crippen LogP contribution in [-0.2, 0) is 0 Å². The van der Waals surface area contributed by atoms with Gasteiger partial charge in [-0.1, -0.05) is 26.2 Å². The van der Waals surface area contributed by atoms with Gasteiger partial charge >= 0.3 is 0 Å². The summed E-state index contributed by atoms with van der Waals surface area (Å²) in [6, 6.07) is 0. The summed E-state index contributed by atoms with van der Waals surface area (Å²) in [5.74, 6) is -28.8. The second-order valence-corrected chi connectivity index (χ2v) is 13.0. The van der Waals surface area contributed by atoms with Crippen molar-refractivity contribution in [3.8, 4) is 22.3 Å². The second-order valence-electron chi connectivity index (χ2n) is 8.02. The highest BCUT2D eigenvalue weighted by Crippen LogP contribution is 2.41. The van der Waals surface area contributed by atoms with E-state index in [1.165, 1.54) is 26.2 Å². The van der Waals surface area contributed by atoms with Crippen molar-refractivity contribution in [2.75, 3.05) is 0 Å². The molecule has 2 radical (unpaired) electrons.